The maximum atomic E-state index is 13.1. The molecule has 0 saturated heterocycles. The Morgan fingerprint density at radius 2 is 2.00 bits per heavy atom. The lowest BCUT2D eigenvalue weighted by Gasteiger charge is -2.27. The highest BCUT2D eigenvalue weighted by molar-refractivity contribution is 5.55. The van der Waals surface area contributed by atoms with Crippen LogP contribution in [0.4, 0.5) is 0 Å². The number of ether oxygens (including phenoxy) is 2. The highest BCUT2D eigenvalue weighted by Gasteiger charge is 2.34. The summed E-state index contributed by atoms with van der Waals surface area (Å²) in [5.41, 5.74) is 8.07. The van der Waals surface area contributed by atoms with E-state index in [1.54, 1.807) is 10.6 Å². The van der Waals surface area contributed by atoms with Gasteiger partial charge in [0.1, 0.15) is 23.1 Å². The van der Waals surface area contributed by atoms with Crippen molar-refractivity contribution in [2.75, 3.05) is 6.61 Å². The molecule has 3 rings (SSSR count). The summed E-state index contributed by atoms with van der Waals surface area (Å²) in [4.78, 5) is 13.1. The summed E-state index contributed by atoms with van der Waals surface area (Å²) in [5.74, 6) is 0.610. The van der Waals surface area contributed by atoms with Gasteiger partial charge in [0, 0.05) is 18.3 Å². The van der Waals surface area contributed by atoms with Crippen LogP contribution in [-0.2, 0) is 6.54 Å². The Labute approximate surface area is 152 Å². The molecule has 26 heavy (non-hydrogen) atoms. The lowest BCUT2D eigenvalue weighted by atomic mass is 9.84. The van der Waals surface area contributed by atoms with Crippen molar-refractivity contribution in [3.05, 3.63) is 69.0 Å². The zero-order valence-electron chi connectivity index (χ0n) is 15.1. The molecule has 2 N–H and O–H groups in total. The van der Waals surface area contributed by atoms with Gasteiger partial charge in [-0.25, -0.2) is 0 Å². The number of allylic oxidation sites excluding steroid dienone is 1. The molecule has 1 atom stereocenters. The molecule has 1 aromatic carbocycles. The summed E-state index contributed by atoms with van der Waals surface area (Å²) >= 11 is 0. The van der Waals surface area contributed by atoms with Crippen molar-refractivity contribution < 1.29 is 9.47 Å². The summed E-state index contributed by atoms with van der Waals surface area (Å²) < 4.78 is 12.7. The van der Waals surface area contributed by atoms with E-state index in [0.29, 0.717) is 24.5 Å². The number of nitrogens with zero attached hydrogens (tertiary/aromatic N) is 2. The number of aryl methyl sites for hydroxylation is 1. The van der Waals surface area contributed by atoms with Crippen LogP contribution in [-0.4, -0.2) is 11.2 Å². The number of aromatic nitrogens is 1. The Balaban J connectivity index is 2.23. The molecule has 134 valence electrons. The zero-order valence-corrected chi connectivity index (χ0v) is 15.1. The molecule has 2 aromatic rings. The molecule has 6 nitrogen and oxygen atoms in total. The molecule has 2 heterocycles. The fraction of sp³-hybridized carbons (Fsp3) is 0.300. The maximum absolute atomic E-state index is 13.1. The van der Waals surface area contributed by atoms with Gasteiger partial charge in [0.2, 0.25) is 5.88 Å². The highest BCUT2D eigenvalue weighted by atomic mass is 16.5. The van der Waals surface area contributed by atoms with Crippen LogP contribution in [0, 0.1) is 18.3 Å². The molecule has 0 bridgehead atoms. The summed E-state index contributed by atoms with van der Waals surface area (Å²) in [6.07, 6.45) is 0. The van der Waals surface area contributed by atoms with Crippen LogP contribution in [0.5, 0.6) is 11.5 Å². The number of rotatable bonds is 4. The minimum atomic E-state index is -0.565. The maximum Gasteiger partial charge on any atom is 0.258 e. The van der Waals surface area contributed by atoms with Gasteiger partial charge in [-0.1, -0.05) is 12.1 Å². The second-order valence-electron chi connectivity index (χ2n) is 6.04. The molecule has 0 aliphatic carbocycles. The van der Waals surface area contributed by atoms with Crippen molar-refractivity contribution in [2.24, 2.45) is 5.73 Å². The third kappa shape index (κ3) is 2.82. The monoisotopic (exact) mass is 351 g/mol. The molecule has 0 amide bonds. The van der Waals surface area contributed by atoms with E-state index < -0.39 is 5.92 Å². The summed E-state index contributed by atoms with van der Waals surface area (Å²) in [7, 11) is 0. The van der Waals surface area contributed by atoms with Gasteiger partial charge >= 0.3 is 0 Å². The van der Waals surface area contributed by atoms with Crippen molar-refractivity contribution in [1.29, 1.82) is 5.26 Å². The predicted octanol–water partition coefficient (Wildman–Crippen LogP) is 2.79. The van der Waals surface area contributed by atoms with E-state index in [-0.39, 0.29) is 17.0 Å². The normalized spacial score (nSPS) is 15.8. The summed E-state index contributed by atoms with van der Waals surface area (Å²) in [6.45, 7) is 6.77. The second kappa shape index (κ2) is 6.96. The quantitative estimate of drug-likeness (QED) is 0.915. The standard InChI is InChI=1S/C20H21N3O3/c1-4-23-12(3)10-16-18(20(23)24)17(15(11-21)19(22)26-16)13-6-8-14(9-7-13)25-5-2/h6-10,17H,4-5,22H2,1-3H3/t17-/m0/s1. The molecular weight excluding hydrogens is 330 g/mol. The minimum Gasteiger partial charge on any atom is -0.494 e. The second-order valence-corrected chi connectivity index (χ2v) is 6.04. The lowest BCUT2D eigenvalue weighted by Crippen LogP contribution is -2.32. The van der Waals surface area contributed by atoms with Crippen molar-refractivity contribution in [1.82, 2.24) is 4.57 Å². The van der Waals surface area contributed by atoms with Crippen molar-refractivity contribution >= 4 is 0 Å². The fourth-order valence-electron chi connectivity index (χ4n) is 3.34. The van der Waals surface area contributed by atoms with E-state index in [4.69, 9.17) is 15.2 Å². The average Bonchev–Trinajstić information content (AvgIpc) is 2.62. The Hall–Kier alpha value is -3.20. The van der Waals surface area contributed by atoms with Gasteiger partial charge in [-0.3, -0.25) is 4.79 Å². The molecular formula is C20H21N3O3. The smallest absolute Gasteiger partial charge is 0.258 e. The molecule has 0 fully saturated rings. The van der Waals surface area contributed by atoms with Gasteiger partial charge in [0.15, 0.2) is 0 Å². The van der Waals surface area contributed by atoms with Crippen LogP contribution in [0.3, 0.4) is 0 Å². The topological polar surface area (TPSA) is 90.3 Å². The molecule has 1 aliphatic heterocycles. The van der Waals surface area contributed by atoms with Gasteiger partial charge < -0.3 is 19.8 Å². The number of hydrogen-bond acceptors (Lipinski definition) is 5. The number of hydrogen-bond donors (Lipinski definition) is 1. The Bertz CT molecular complexity index is 966. The molecule has 0 saturated carbocycles. The van der Waals surface area contributed by atoms with Crippen LogP contribution in [0.25, 0.3) is 0 Å². The van der Waals surface area contributed by atoms with Crippen LogP contribution in [0.1, 0.15) is 36.6 Å². The number of benzene rings is 1. The van der Waals surface area contributed by atoms with Crippen molar-refractivity contribution in [2.45, 2.75) is 33.2 Å². The van der Waals surface area contributed by atoms with Crippen LogP contribution in [0.2, 0.25) is 0 Å². The van der Waals surface area contributed by atoms with Crippen LogP contribution < -0.4 is 20.8 Å². The lowest BCUT2D eigenvalue weighted by molar-refractivity contribution is 0.340. The molecule has 6 heteroatoms. The SMILES string of the molecule is CCOc1ccc([C@H]2C(C#N)=C(N)Oc3cc(C)n(CC)c(=O)c32)cc1. The summed E-state index contributed by atoms with van der Waals surface area (Å²) in [6, 6.07) is 11.3. The van der Waals surface area contributed by atoms with Crippen LogP contribution >= 0.6 is 0 Å². The third-order valence-electron chi connectivity index (χ3n) is 4.53. The number of nitriles is 1. The number of pyridine rings is 1. The van der Waals surface area contributed by atoms with E-state index in [1.807, 2.05) is 45.0 Å². The zero-order chi connectivity index (χ0) is 18.8. The van der Waals surface area contributed by atoms with E-state index in [9.17, 15) is 10.1 Å². The first-order valence-corrected chi connectivity index (χ1v) is 8.56. The Morgan fingerprint density at radius 1 is 1.31 bits per heavy atom. The predicted molar refractivity (Wildman–Crippen MR) is 98.0 cm³/mol. The minimum absolute atomic E-state index is 0.0342. The van der Waals surface area contributed by atoms with Gasteiger partial charge in [0.25, 0.3) is 5.56 Å². The Kier molecular flexibility index (Phi) is 4.72. The molecule has 0 radical (unpaired) electrons. The fourth-order valence-corrected chi connectivity index (χ4v) is 3.34. The van der Waals surface area contributed by atoms with Crippen LogP contribution in [0.15, 0.2) is 46.6 Å². The number of fused-ring (bicyclic) bond motifs is 1. The molecule has 0 spiro atoms. The molecule has 1 aromatic heterocycles. The first kappa shape index (κ1) is 17.6. The largest absolute Gasteiger partial charge is 0.494 e. The average molecular weight is 351 g/mol. The summed E-state index contributed by atoms with van der Waals surface area (Å²) in [5, 5.41) is 9.63. The first-order valence-electron chi connectivity index (χ1n) is 8.56. The third-order valence-corrected chi connectivity index (χ3v) is 4.53. The van der Waals surface area contributed by atoms with E-state index in [0.717, 1.165) is 17.0 Å². The van der Waals surface area contributed by atoms with Crippen molar-refractivity contribution in [3.8, 4) is 17.6 Å². The van der Waals surface area contributed by atoms with Gasteiger partial charge in [-0.2, -0.15) is 5.26 Å². The van der Waals surface area contributed by atoms with E-state index >= 15 is 0 Å². The Morgan fingerprint density at radius 3 is 2.58 bits per heavy atom. The van der Waals surface area contributed by atoms with E-state index in [2.05, 4.69) is 6.07 Å². The first-order chi connectivity index (χ1) is 12.5. The number of nitrogens with two attached hydrogens (primary N) is 1. The van der Waals surface area contributed by atoms with Gasteiger partial charge in [0.05, 0.1) is 18.1 Å². The van der Waals surface area contributed by atoms with E-state index in [1.165, 1.54) is 0 Å². The van der Waals surface area contributed by atoms with Gasteiger partial charge in [-0.05, 0) is 38.5 Å². The molecule has 1 aliphatic rings. The van der Waals surface area contributed by atoms with Gasteiger partial charge in [-0.15, -0.1) is 0 Å². The highest BCUT2D eigenvalue weighted by Crippen LogP contribution is 2.40. The van der Waals surface area contributed by atoms with Crippen molar-refractivity contribution in [3.63, 3.8) is 0 Å². The molecule has 0 unspecified atom stereocenters.